The van der Waals surface area contributed by atoms with Gasteiger partial charge < -0.3 is 18.6 Å². The molecule has 1 amide bonds. The average molecular weight is 470 g/mol. The number of carbonyl (C=O) groups is 1. The van der Waals surface area contributed by atoms with E-state index in [9.17, 15) is 9.59 Å². The van der Waals surface area contributed by atoms with Gasteiger partial charge in [0.15, 0.2) is 22.2 Å². The fourth-order valence-electron chi connectivity index (χ4n) is 3.26. The van der Waals surface area contributed by atoms with Crippen molar-refractivity contribution in [1.29, 1.82) is 0 Å². The molecule has 0 spiro atoms. The van der Waals surface area contributed by atoms with E-state index in [1.807, 2.05) is 32.2 Å². The molecule has 0 radical (unpaired) electrons. The first-order valence-corrected chi connectivity index (χ1v) is 11.4. The first kappa shape index (κ1) is 22.4. The Balaban J connectivity index is 1.59. The van der Waals surface area contributed by atoms with Gasteiger partial charge in [-0.1, -0.05) is 6.07 Å². The standard InChI is InChI=1S/C23H23N3O6S/c1-4-29-18-10-14(11-19(30-5-2)20(18)31-6-3)21(27)26-22-24-16(12-33-22)13-7-8-15-17(9-13)32-23(28)25-15/h7-12H,4-6H2,1-3H3,(H,25,28)(H,24,26,27). The van der Waals surface area contributed by atoms with Crippen molar-refractivity contribution in [1.82, 2.24) is 9.97 Å². The molecule has 0 aliphatic carbocycles. The molecule has 33 heavy (non-hydrogen) atoms. The third-order valence-electron chi connectivity index (χ3n) is 4.61. The summed E-state index contributed by atoms with van der Waals surface area (Å²) in [7, 11) is 0. The highest BCUT2D eigenvalue weighted by atomic mass is 32.1. The molecule has 4 aromatic rings. The minimum atomic E-state index is -0.512. The molecule has 2 aromatic heterocycles. The molecule has 0 saturated heterocycles. The van der Waals surface area contributed by atoms with Gasteiger partial charge in [0.2, 0.25) is 5.75 Å². The van der Waals surface area contributed by atoms with Crippen molar-refractivity contribution >= 4 is 33.5 Å². The second kappa shape index (κ2) is 9.78. The molecule has 2 heterocycles. The number of H-pyrrole nitrogens is 1. The number of amides is 1. The van der Waals surface area contributed by atoms with Crippen molar-refractivity contribution in [3.63, 3.8) is 0 Å². The third kappa shape index (κ3) is 4.85. The number of anilines is 1. The summed E-state index contributed by atoms with van der Waals surface area (Å²) >= 11 is 1.29. The number of rotatable bonds is 9. The molecule has 4 rings (SSSR count). The highest BCUT2D eigenvalue weighted by molar-refractivity contribution is 7.14. The van der Waals surface area contributed by atoms with E-state index in [0.717, 1.165) is 5.56 Å². The molecule has 0 fully saturated rings. The van der Waals surface area contributed by atoms with Gasteiger partial charge in [0.1, 0.15) is 0 Å². The summed E-state index contributed by atoms with van der Waals surface area (Å²) in [6.07, 6.45) is 0. The number of nitrogens with one attached hydrogen (secondary N) is 2. The van der Waals surface area contributed by atoms with Gasteiger partial charge in [-0.2, -0.15) is 0 Å². The molecule has 9 nitrogen and oxygen atoms in total. The van der Waals surface area contributed by atoms with Crippen molar-refractivity contribution < 1.29 is 23.4 Å². The van der Waals surface area contributed by atoms with Crippen molar-refractivity contribution in [3.05, 3.63) is 51.8 Å². The van der Waals surface area contributed by atoms with Gasteiger partial charge in [0.05, 0.1) is 31.0 Å². The monoisotopic (exact) mass is 469 g/mol. The second-order valence-electron chi connectivity index (χ2n) is 6.82. The van der Waals surface area contributed by atoms with Gasteiger partial charge in [0, 0.05) is 16.5 Å². The van der Waals surface area contributed by atoms with E-state index in [1.54, 1.807) is 24.3 Å². The maximum Gasteiger partial charge on any atom is 0.417 e. The number of thiazole rings is 1. The van der Waals surface area contributed by atoms with Crippen molar-refractivity contribution in [2.24, 2.45) is 0 Å². The number of benzene rings is 2. The minimum absolute atomic E-state index is 0.354. The Hall–Kier alpha value is -3.79. The van der Waals surface area contributed by atoms with E-state index in [4.69, 9.17) is 18.6 Å². The Labute approximate surface area is 193 Å². The smallest absolute Gasteiger partial charge is 0.417 e. The zero-order valence-corrected chi connectivity index (χ0v) is 19.2. The first-order valence-electron chi connectivity index (χ1n) is 10.5. The predicted molar refractivity (Wildman–Crippen MR) is 126 cm³/mol. The highest BCUT2D eigenvalue weighted by Gasteiger charge is 2.19. The highest BCUT2D eigenvalue weighted by Crippen LogP contribution is 2.39. The van der Waals surface area contributed by atoms with Crippen LogP contribution in [0.25, 0.3) is 22.4 Å². The van der Waals surface area contributed by atoms with Crippen molar-refractivity contribution in [2.75, 3.05) is 25.1 Å². The van der Waals surface area contributed by atoms with Gasteiger partial charge in [-0.15, -0.1) is 11.3 Å². The van der Waals surface area contributed by atoms with Crippen molar-refractivity contribution in [2.45, 2.75) is 20.8 Å². The Morgan fingerprint density at radius 1 is 1.06 bits per heavy atom. The molecule has 10 heteroatoms. The van der Waals surface area contributed by atoms with Gasteiger partial charge in [-0.25, -0.2) is 9.78 Å². The summed E-state index contributed by atoms with van der Waals surface area (Å²) in [6.45, 7) is 6.85. The summed E-state index contributed by atoms with van der Waals surface area (Å²) in [5.41, 5.74) is 2.83. The minimum Gasteiger partial charge on any atom is -0.490 e. The molecule has 0 atom stereocenters. The van der Waals surface area contributed by atoms with Crippen LogP contribution in [0.4, 0.5) is 5.13 Å². The number of nitrogens with zero attached hydrogens (tertiary/aromatic N) is 1. The number of hydrogen-bond acceptors (Lipinski definition) is 8. The molecule has 0 saturated carbocycles. The van der Waals surface area contributed by atoms with E-state index in [-0.39, 0.29) is 5.91 Å². The van der Waals surface area contributed by atoms with Crippen LogP contribution >= 0.6 is 11.3 Å². The third-order valence-corrected chi connectivity index (χ3v) is 5.37. The van der Waals surface area contributed by atoms with Crippen LogP contribution in [0.15, 0.2) is 44.9 Å². The van der Waals surface area contributed by atoms with Crippen LogP contribution in [0.1, 0.15) is 31.1 Å². The second-order valence-corrected chi connectivity index (χ2v) is 7.68. The Morgan fingerprint density at radius 2 is 1.76 bits per heavy atom. The van der Waals surface area contributed by atoms with Gasteiger partial charge in [-0.05, 0) is 45.0 Å². The molecule has 2 aromatic carbocycles. The van der Waals surface area contributed by atoms with Crippen LogP contribution in [0, 0.1) is 0 Å². The molecule has 0 aliphatic heterocycles. The average Bonchev–Trinajstić information content (AvgIpc) is 3.41. The SMILES string of the molecule is CCOc1cc(C(=O)Nc2nc(-c3ccc4[nH]c(=O)oc4c3)cs2)cc(OCC)c1OCC. The maximum atomic E-state index is 13.0. The predicted octanol–water partition coefficient (Wildman–Crippen LogP) is 4.69. The fraction of sp³-hybridized carbons (Fsp3) is 0.261. The lowest BCUT2D eigenvalue weighted by Crippen LogP contribution is -2.13. The zero-order valence-electron chi connectivity index (χ0n) is 18.4. The van der Waals surface area contributed by atoms with Gasteiger partial charge >= 0.3 is 5.76 Å². The van der Waals surface area contributed by atoms with E-state index < -0.39 is 5.76 Å². The van der Waals surface area contributed by atoms with Gasteiger partial charge in [0.25, 0.3) is 5.91 Å². The first-order chi connectivity index (χ1) is 16.0. The number of oxazole rings is 1. The van der Waals surface area contributed by atoms with Crippen LogP contribution in [0.3, 0.4) is 0 Å². The van der Waals surface area contributed by atoms with Crippen LogP contribution < -0.4 is 25.3 Å². The molecular formula is C23H23N3O6S. The number of aromatic nitrogens is 2. The zero-order chi connectivity index (χ0) is 23.4. The molecule has 0 bridgehead atoms. The van der Waals surface area contributed by atoms with E-state index in [0.29, 0.717) is 64.6 Å². The lowest BCUT2D eigenvalue weighted by atomic mass is 10.1. The lowest BCUT2D eigenvalue weighted by molar-refractivity contribution is 0.102. The van der Waals surface area contributed by atoms with E-state index in [1.165, 1.54) is 11.3 Å². The largest absolute Gasteiger partial charge is 0.490 e. The normalized spacial score (nSPS) is 10.9. The number of carbonyl (C=O) groups excluding carboxylic acids is 1. The maximum absolute atomic E-state index is 13.0. The van der Waals surface area contributed by atoms with Crippen LogP contribution in [-0.4, -0.2) is 35.7 Å². The Morgan fingerprint density at radius 3 is 2.42 bits per heavy atom. The number of hydrogen-bond donors (Lipinski definition) is 2. The molecular weight excluding hydrogens is 446 g/mol. The molecule has 2 N–H and O–H groups in total. The van der Waals surface area contributed by atoms with Crippen molar-refractivity contribution in [3.8, 4) is 28.5 Å². The van der Waals surface area contributed by atoms with E-state index >= 15 is 0 Å². The summed E-state index contributed by atoms with van der Waals surface area (Å²) < 4.78 is 22.2. The molecule has 172 valence electrons. The summed E-state index contributed by atoms with van der Waals surface area (Å²) in [5, 5.41) is 5.06. The summed E-state index contributed by atoms with van der Waals surface area (Å²) in [4.78, 5) is 31.4. The lowest BCUT2D eigenvalue weighted by Gasteiger charge is -2.16. The quantitative estimate of drug-likeness (QED) is 0.365. The van der Waals surface area contributed by atoms with Crippen LogP contribution in [-0.2, 0) is 0 Å². The van der Waals surface area contributed by atoms with Crippen LogP contribution in [0.2, 0.25) is 0 Å². The summed E-state index contributed by atoms with van der Waals surface area (Å²) in [6, 6.07) is 8.55. The van der Waals surface area contributed by atoms with Crippen LogP contribution in [0.5, 0.6) is 17.2 Å². The number of fused-ring (bicyclic) bond motifs is 1. The number of aromatic amines is 1. The molecule has 0 unspecified atom stereocenters. The number of ether oxygens (including phenoxy) is 3. The molecule has 0 aliphatic rings. The summed E-state index contributed by atoms with van der Waals surface area (Å²) in [5.74, 6) is 0.490. The fourth-order valence-corrected chi connectivity index (χ4v) is 3.97. The topological polar surface area (TPSA) is 116 Å². The van der Waals surface area contributed by atoms with Gasteiger partial charge in [-0.3, -0.25) is 15.1 Å². The van der Waals surface area contributed by atoms with E-state index in [2.05, 4.69) is 15.3 Å². The Kier molecular flexibility index (Phi) is 6.64. The Bertz CT molecular complexity index is 1310.